The lowest BCUT2D eigenvalue weighted by Crippen LogP contribution is -2.24. The van der Waals surface area contributed by atoms with E-state index in [9.17, 15) is 0 Å². The van der Waals surface area contributed by atoms with Crippen molar-refractivity contribution < 1.29 is 0 Å². The summed E-state index contributed by atoms with van der Waals surface area (Å²) < 4.78 is 0. The summed E-state index contributed by atoms with van der Waals surface area (Å²) in [6, 6.07) is 10.3. The normalized spacial score (nSPS) is 12.6. The molecule has 1 nitrogen and oxygen atoms in total. The van der Waals surface area contributed by atoms with Gasteiger partial charge in [0.15, 0.2) is 0 Å². The molecule has 1 aromatic heterocycles. The van der Waals surface area contributed by atoms with E-state index >= 15 is 0 Å². The van der Waals surface area contributed by atoms with E-state index in [1.54, 1.807) is 0 Å². The SMILES string of the molecule is CCCNC(Cc1ccc(CC)s1)c1cc(Cl)ccc1Cl. The van der Waals surface area contributed by atoms with Gasteiger partial charge in [-0.3, -0.25) is 0 Å². The number of rotatable bonds is 7. The summed E-state index contributed by atoms with van der Waals surface area (Å²) in [7, 11) is 0. The summed E-state index contributed by atoms with van der Waals surface area (Å²) >= 11 is 14.4. The van der Waals surface area contributed by atoms with Crippen LogP contribution in [0.2, 0.25) is 10.0 Å². The molecular weight excluding hydrogens is 321 g/mol. The average molecular weight is 342 g/mol. The van der Waals surface area contributed by atoms with E-state index in [0.717, 1.165) is 41.4 Å². The average Bonchev–Trinajstić information content (AvgIpc) is 2.94. The number of halogens is 2. The topological polar surface area (TPSA) is 12.0 Å². The maximum atomic E-state index is 6.37. The third-order valence-electron chi connectivity index (χ3n) is 3.45. The first kappa shape index (κ1) is 16.8. The lowest BCUT2D eigenvalue weighted by molar-refractivity contribution is 0.532. The van der Waals surface area contributed by atoms with Crippen molar-refractivity contribution in [3.8, 4) is 0 Å². The van der Waals surface area contributed by atoms with Gasteiger partial charge in [-0.15, -0.1) is 11.3 Å². The third-order valence-corrected chi connectivity index (χ3v) is 5.28. The first-order chi connectivity index (χ1) is 10.1. The molecular formula is C17H21Cl2NS. The monoisotopic (exact) mass is 341 g/mol. The van der Waals surface area contributed by atoms with Gasteiger partial charge < -0.3 is 5.32 Å². The fraction of sp³-hybridized carbons (Fsp3) is 0.412. The number of benzene rings is 1. The second kappa shape index (κ2) is 8.19. The largest absolute Gasteiger partial charge is 0.310 e. The van der Waals surface area contributed by atoms with Crippen LogP contribution in [0.25, 0.3) is 0 Å². The minimum Gasteiger partial charge on any atom is -0.310 e. The summed E-state index contributed by atoms with van der Waals surface area (Å²) in [6.07, 6.45) is 3.14. The van der Waals surface area contributed by atoms with Crippen molar-refractivity contribution in [3.05, 3.63) is 55.7 Å². The first-order valence-electron chi connectivity index (χ1n) is 7.40. The molecule has 21 heavy (non-hydrogen) atoms. The zero-order valence-corrected chi connectivity index (χ0v) is 14.8. The van der Waals surface area contributed by atoms with Gasteiger partial charge in [0.2, 0.25) is 0 Å². The number of hydrogen-bond donors (Lipinski definition) is 1. The molecule has 0 aliphatic rings. The zero-order valence-electron chi connectivity index (χ0n) is 12.5. The van der Waals surface area contributed by atoms with E-state index < -0.39 is 0 Å². The molecule has 0 aliphatic heterocycles. The van der Waals surface area contributed by atoms with Crippen LogP contribution < -0.4 is 5.32 Å². The molecule has 0 amide bonds. The molecule has 2 rings (SSSR count). The molecule has 0 spiro atoms. The van der Waals surface area contributed by atoms with E-state index in [2.05, 4.69) is 31.3 Å². The van der Waals surface area contributed by atoms with Crippen molar-refractivity contribution in [2.24, 2.45) is 0 Å². The van der Waals surface area contributed by atoms with Gasteiger partial charge in [0.25, 0.3) is 0 Å². The fourth-order valence-corrected chi connectivity index (χ4v) is 3.75. The van der Waals surface area contributed by atoms with Gasteiger partial charge in [-0.05, 0) is 55.3 Å². The van der Waals surface area contributed by atoms with Crippen molar-refractivity contribution >= 4 is 34.5 Å². The van der Waals surface area contributed by atoms with Crippen LogP contribution in [0.15, 0.2) is 30.3 Å². The molecule has 0 fully saturated rings. The van der Waals surface area contributed by atoms with E-state index in [-0.39, 0.29) is 6.04 Å². The molecule has 0 bridgehead atoms. The van der Waals surface area contributed by atoms with E-state index in [0.29, 0.717) is 0 Å². The van der Waals surface area contributed by atoms with E-state index in [1.165, 1.54) is 9.75 Å². The number of aryl methyl sites for hydroxylation is 1. The van der Waals surface area contributed by atoms with Crippen LogP contribution in [0.1, 0.15) is 41.6 Å². The van der Waals surface area contributed by atoms with Crippen molar-refractivity contribution in [2.45, 2.75) is 39.2 Å². The van der Waals surface area contributed by atoms with Gasteiger partial charge in [0.1, 0.15) is 0 Å². The second-order valence-electron chi connectivity index (χ2n) is 5.10. The predicted octanol–water partition coefficient (Wildman–Crippen LogP) is 5.90. The Hall–Kier alpha value is -0.540. The Morgan fingerprint density at radius 2 is 1.86 bits per heavy atom. The van der Waals surface area contributed by atoms with Crippen molar-refractivity contribution in [1.82, 2.24) is 5.32 Å². The zero-order chi connectivity index (χ0) is 15.2. The Kier molecular flexibility index (Phi) is 6.56. The summed E-state index contributed by atoms with van der Waals surface area (Å²) in [5.74, 6) is 0. The van der Waals surface area contributed by atoms with Gasteiger partial charge in [-0.2, -0.15) is 0 Å². The van der Waals surface area contributed by atoms with E-state index in [4.69, 9.17) is 23.2 Å². The van der Waals surface area contributed by atoms with E-state index in [1.807, 2.05) is 29.5 Å². The summed E-state index contributed by atoms with van der Waals surface area (Å²) in [6.45, 7) is 5.33. The second-order valence-corrected chi connectivity index (χ2v) is 7.19. The highest BCUT2D eigenvalue weighted by atomic mass is 35.5. The molecule has 1 unspecified atom stereocenters. The molecule has 1 N–H and O–H groups in total. The van der Waals surface area contributed by atoms with Crippen LogP contribution in [0.5, 0.6) is 0 Å². The molecule has 114 valence electrons. The lowest BCUT2D eigenvalue weighted by atomic mass is 10.0. The molecule has 0 aliphatic carbocycles. The highest BCUT2D eigenvalue weighted by molar-refractivity contribution is 7.11. The molecule has 0 radical (unpaired) electrons. The summed E-state index contributed by atoms with van der Waals surface area (Å²) in [5, 5.41) is 5.11. The van der Waals surface area contributed by atoms with Crippen LogP contribution in [-0.4, -0.2) is 6.54 Å². The van der Waals surface area contributed by atoms with Crippen LogP contribution >= 0.6 is 34.5 Å². The lowest BCUT2D eigenvalue weighted by Gasteiger charge is -2.20. The van der Waals surface area contributed by atoms with Gasteiger partial charge >= 0.3 is 0 Å². The fourth-order valence-electron chi connectivity index (χ4n) is 2.32. The minimum atomic E-state index is 0.208. The van der Waals surface area contributed by atoms with Gasteiger partial charge in [-0.25, -0.2) is 0 Å². The molecule has 4 heteroatoms. The van der Waals surface area contributed by atoms with Crippen molar-refractivity contribution in [2.75, 3.05) is 6.54 Å². The number of nitrogens with one attached hydrogen (secondary N) is 1. The quantitative estimate of drug-likeness (QED) is 0.660. The standard InChI is InChI=1S/C17H21Cl2NS/c1-3-9-20-17(11-14-7-6-13(4-2)21-14)15-10-12(18)5-8-16(15)19/h5-8,10,17,20H,3-4,9,11H2,1-2H3. The smallest absolute Gasteiger partial charge is 0.0454 e. The Bertz CT molecular complexity index is 580. The third kappa shape index (κ3) is 4.72. The highest BCUT2D eigenvalue weighted by Gasteiger charge is 2.16. The molecule has 1 atom stereocenters. The van der Waals surface area contributed by atoms with Gasteiger partial charge in [0.05, 0.1) is 0 Å². The summed E-state index contributed by atoms with van der Waals surface area (Å²) in [5.41, 5.74) is 1.09. The number of thiophene rings is 1. The maximum absolute atomic E-state index is 6.37. The van der Waals surface area contributed by atoms with Crippen LogP contribution in [0.4, 0.5) is 0 Å². The Morgan fingerprint density at radius 3 is 2.52 bits per heavy atom. The molecule has 1 aromatic carbocycles. The highest BCUT2D eigenvalue weighted by Crippen LogP contribution is 2.30. The van der Waals surface area contributed by atoms with Crippen molar-refractivity contribution in [3.63, 3.8) is 0 Å². The maximum Gasteiger partial charge on any atom is 0.0454 e. The predicted molar refractivity (Wildman–Crippen MR) is 94.9 cm³/mol. The Balaban J connectivity index is 2.22. The minimum absolute atomic E-state index is 0.208. The summed E-state index contributed by atoms with van der Waals surface area (Å²) in [4.78, 5) is 2.81. The van der Waals surface area contributed by atoms with Gasteiger partial charge in [-0.1, -0.05) is 37.0 Å². The Labute approximate surface area is 141 Å². The molecule has 1 heterocycles. The van der Waals surface area contributed by atoms with Crippen LogP contribution in [0, 0.1) is 0 Å². The van der Waals surface area contributed by atoms with Crippen molar-refractivity contribution in [1.29, 1.82) is 0 Å². The molecule has 0 saturated heterocycles. The Morgan fingerprint density at radius 1 is 1.10 bits per heavy atom. The molecule has 2 aromatic rings. The van der Waals surface area contributed by atoms with Crippen LogP contribution in [0.3, 0.4) is 0 Å². The first-order valence-corrected chi connectivity index (χ1v) is 8.97. The van der Waals surface area contributed by atoms with Gasteiger partial charge in [0, 0.05) is 32.3 Å². The molecule has 0 saturated carbocycles. The number of hydrogen-bond acceptors (Lipinski definition) is 2. The van der Waals surface area contributed by atoms with Crippen LogP contribution in [-0.2, 0) is 12.8 Å².